The minimum Gasteiger partial charge on any atom is -0.391 e. The van der Waals surface area contributed by atoms with Crippen molar-refractivity contribution in [1.29, 1.82) is 0 Å². The van der Waals surface area contributed by atoms with Crippen molar-refractivity contribution in [2.24, 2.45) is 11.7 Å². The van der Waals surface area contributed by atoms with Gasteiger partial charge in [0.05, 0.1) is 6.10 Å². The molecule has 0 aromatic rings. The Balaban J connectivity index is 3.62. The van der Waals surface area contributed by atoms with Crippen LogP contribution in [-0.2, 0) is 0 Å². The lowest BCUT2D eigenvalue weighted by molar-refractivity contribution is 0.137. The average Bonchev–Trinajstić information content (AvgIpc) is 1.86. The molecule has 0 aliphatic rings. The SMILES string of the molecule is C=CCC(O)C(N)CC(C)C. The van der Waals surface area contributed by atoms with Crippen molar-refractivity contribution >= 4 is 0 Å². The molecule has 0 aromatic carbocycles. The van der Waals surface area contributed by atoms with E-state index in [1.165, 1.54) is 0 Å². The molecular formula is C9H19NO. The highest BCUT2D eigenvalue weighted by molar-refractivity contribution is 4.80. The minimum atomic E-state index is -0.421. The fourth-order valence-corrected chi connectivity index (χ4v) is 1.05. The van der Waals surface area contributed by atoms with Gasteiger partial charge in [-0.1, -0.05) is 19.9 Å². The summed E-state index contributed by atoms with van der Waals surface area (Å²) < 4.78 is 0. The van der Waals surface area contributed by atoms with E-state index >= 15 is 0 Å². The number of aliphatic hydroxyl groups is 1. The molecule has 0 saturated carbocycles. The van der Waals surface area contributed by atoms with E-state index in [1.54, 1.807) is 6.08 Å². The van der Waals surface area contributed by atoms with Crippen LogP contribution < -0.4 is 5.73 Å². The molecule has 0 bridgehead atoms. The summed E-state index contributed by atoms with van der Waals surface area (Å²) in [5.74, 6) is 0.546. The summed E-state index contributed by atoms with van der Waals surface area (Å²) in [5, 5.41) is 9.37. The molecule has 11 heavy (non-hydrogen) atoms. The van der Waals surface area contributed by atoms with Crippen LogP contribution in [0.1, 0.15) is 26.7 Å². The normalized spacial score (nSPS) is 16.5. The van der Waals surface area contributed by atoms with Crippen molar-refractivity contribution in [3.8, 4) is 0 Å². The van der Waals surface area contributed by atoms with Gasteiger partial charge in [-0.3, -0.25) is 0 Å². The number of hydrogen-bond donors (Lipinski definition) is 2. The first-order chi connectivity index (χ1) is 5.07. The molecular weight excluding hydrogens is 138 g/mol. The van der Waals surface area contributed by atoms with Crippen molar-refractivity contribution in [1.82, 2.24) is 0 Å². The topological polar surface area (TPSA) is 46.2 Å². The van der Waals surface area contributed by atoms with Crippen molar-refractivity contribution in [2.75, 3.05) is 0 Å². The number of aliphatic hydroxyl groups excluding tert-OH is 1. The van der Waals surface area contributed by atoms with Gasteiger partial charge in [-0.05, 0) is 18.8 Å². The highest BCUT2D eigenvalue weighted by Crippen LogP contribution is 2.08. The van der Waals surface area contributed by atoms with Gasteiger partial charge in [0.2, 0.25) is 0 Å². The van der Waals surface area contributed by atoms with Crippen LogP contribution in [0.4, 0.5) is 0 Å². The third-order valence-electron chi connectivity index (χ3n) is 1.65. The quantitative estimate of drug-likeness (QED) is 0.591. The summed E-state index contributed by atoms with van der Waals surface area (Å²) in [5.41, 5.74) is 5.71. The summed E-state index contributed by atoms with van der Waals surface area (Å²) >= 11 is 0. The molecule has 3 N–H and O–H groups in total. The molecule has 2 nitrogen and oxygen atoms in total. The molecule has 66 valence electrons. The molecule has 0 aliphatic carbocycles. The Morgan fingerprint density at radius 3 is 2.45 bits per heavy atom. The smallest absolute Gasteiger partial charge is 0.0725 e. The minimum absolute atomic E-state index is 0.104. The molecule has 0 amide bonds. The van der Waals surface area contributed by atoms with Crippen molar-refractivity contribution in [3.63, 3.8) is 0 Å². The Kier molecular flexibility index (Phi) is 5.16. The zero-order valence-corrected chi connectivity index (χ0v) is 7.46. The van der Waals surface area contributed by atoms with Gasteiger partial charge in [-0.25, -0.2) is 0 Å². The van der Waals surface area contributed by atoms with Crippen LogP contribution in [0.15, 0.2) is 12.7 Å². The van der Waals surface area contributed by atoms with E-state index in [9.17, 15) is 5.11 Å². The van der Waals surface area contributed by atoms with Crippen molar-refractivity contribution in [2.45, 2.75) is 38.8 Å². The summed E-state index contributed by atoms with van der Waals surface area (Å²) in [6.07, 6.45) is 2.74. The molecule has 0 heterocycles. The summed E-state index contributed by atoms with van der Waals surface area (Å²) in [4.78, 5) is 0. The monoisotopic (exact) mass is 157 g/mol. The van der Waals surface area contributed by atoms with E-state index < -0.39 is 6.10 Å². The summed E-state index contributed by atoms with van der Waals surface area (Å²) in [6.45, 7) is 7.74. The highest BCUT2D eigenvalue weighted by Gasteiger charge is 2.13. The van der Waals surface area contributed by atoms with Crippen LogP contribution in [-0.4, -0.2) is 17.3 Å². The lowest BCUT2D eigenvalue weighted by Crippen LogP contribution is -2.35. The van der Waals surface area contributed by atoms with Crippen molar-refractivity contribution in [3.05, 3.63) is 12.7 Å². The highest BCUT2D eigenvalue weighted by atomic mass is 16.3. The molecule has 0 saturated heterocycles. The van der Waals surface area contributed by atoms with Gasteiger partial charge < -0.3 is 10.8 Å². The summed E-state index contributed by atoms with van der Waals surface area (Å²) in [7, 11) is 0. The third kappa shape index (κ3) is 4.99. The standard InChI is InChI=1S/C9H19NO/c1-4-5-9(11)8(10)6-7(2)3/h4,7-9,11H,1,5-6,10H2,2-3H3. The zero-order valence-electron chi connectivity index (χ0n) is 7.46. The molecule has 0 spiro atoms. The van der Waals surface area contributed by atoms with Gasteiger partial charge in [-0.15, -0.1) is 6.58 Å². The summed E-state index contributed by atoms with van der Waals surface area (Å²) in [6, 6.07) is -0.104. The molecule has 0 radical (unpaired) electrons. The molecule has 2 unspecified atom stereocenters. The van der Waals surface area contributed by atoms with Crippen LogP contribution in [0.2, 0.25) is 0 Å². The van der Waals surface area contributed by atoms with Gasteiger partial charge in [0.1, 0.15) is 0 Å². The fraction of sp³-hybridized carbons (Fsp3) is 0.778. The van der Waals surface area contributed by atoms with Crippen molar-refractivity contribution < 1.29 is 5.11 Å². The molecule has 2 heteroatoms. The Morgan fingerprint density at radius 1 is 1.55 bits per heavy atom. The van der Waals surface area contributed by atoms with Crippen LogP contribution >= 0.6 is 0 Å². The maximum absolute atomic E-state index is 9.37. The number of nitrogens with two attached hydrogens (primary N) is 1. The van der Waals surface area contributed by atoms with E-state index in [4.69, 9.17) is 5.73 Å². The van der Waals surface area contributed by atoms with E-state index in [1.807, 2.05) is 0 Å². The number of rotatable bonds is 5. The predicted molar refractivity (Wildman–Crippen MR) is 48.3 cm³/mol. The maximum atomic E-state index is 9.37. The second-order valence-corrected chi connectivity index (χ2v) is 3.39. The molecule has 2 atom stereocenters. The van der Waals surface area contributed by atoms with E-state index in [2.05, 4.69) is 20.4 Å². The zero-order chi connectivity index (χ0) is 8.85. The predicted octanol–water partition coefficient (Wildman–Crippen LogP) is 1.30. The molecule has 0 fully saturated rings. The number of hydrogen-bond acceptors (Lipinski definition) is 2. The largest absolute Gasteiger partial charge is 0.391 e. The van der Waals surface area contributed by atoms with Crippen LogP contribution in [0.25, 0.3) is 0 Å². The second-order valence-electron chi connectivity index (χ2n) is 3.39. The lowest BCUT2D eigenvalue weighted by Gasteiger charge is -2.18. The van der Waals surface area contributed by atoms with Crippen LogP contribution in [0, 0.1) is 5.92 Å². The molecule has 0 aliphatic heterocycles. The third-order valence-corrected chi connectivity index (χ3v) is 1.65. The van der Waals surface area contributed by atoms with Gasteiger partial charge in [0.25, 0.3) is 0 Å². The van der Waals surface area contributed by atoms with E-state index in [-0.39, 0.29) is 6.04 Å². The Hall–Kier alpha value is -0.340. The van der Waals surface area contributed by atoms with Gasteiger partial charge in [0, 0.05) is 6.04 Å². The lowest BCUT2D eigenvalue weighted by atomic mass is 9.98. The molecule has 0 rings (SSSR count). The average molecular weight is 157 g/mol. The van der Waals surface area contributed by atoms with Gasteiger partial charge in [-0.2, -0.15) is 0 Å². The Bertz CT molecular complexity index is 112. The molecule has 0 aromatic heterocycles. The van der Waals surface area contributed by atoms with Crippen LogP contribution in [0.3, 0.4) is 0 Å². The fourth-order valence-electron chi connectivity index (χ4n) is 1.05. The Morgan fingerprint density at radius 2 is 2.09 bits per heavy atom. The van der Waals surface area contributed by atoms with Crippen LogP contribution in [0.5, 0.6) is 0 Å². The van der Waals surface area contributed by atoms with Gasteiger partial charge >= 0.3 is 0 Å². The Labute approximate surface area is 69.1 Å². The van der Waals surface area contributed by atoms with Gasteiger partial charge in [0.15, 0.2) is 0 Å². The second kappa shape index (κ2) is 5.33. The first kappa shape index (κ1) is 10.7. The van der Waals surface area contributed by atoms with E-state index in [0.29, 0.717) is 12.3 Å². The first-order valence-electron chi connectivity index (χ1n) is 4.12. The first-order valence-corrected chi connectivity index (χ1v) is 4.12. The van der Waals surface area contributed by atoms with E-state index in [0.717, 1.165) is 6.42 Å². The maximum Gasteiger partial charge on any atom is 0.0725 e.